The van der Waals surface area contributed by atoms with Crippen LogP contribution in [0.3, 0.4) is 0 Å². The predicted molar refractivity (Wildman–Crippen MR) is 94.8 cm³/mol. The summed E-state index contributed by atoms with van der Waals surface area (Å²) in [5.41, 5.74) is 1.42. The Kier molecular flexibility index (Phi) is 4.78. The van der Waals surface area contributed by atoms with Crippen LogP contribution < -0.4 is 4.72 Å². The van der Waals surface area contributed by atoms with Crippen molar-refractivity contribution in [2.75, 3.05) is 0 Å². The topological polar surface area (TPSA) is 72.2 Å². The second-order valence-corrected chi connectivity index (χ2v) is 8.49. The van der Waals surface area contributed by atoms with Gasteiger partial charge in [-0.3, -0.25) is 0 Å². The number of halogens is 1. The number of hydrogen-bond acceptors (Lipinski definition) is 5. The van der Waals surface area contributed by atoms with Gasteiger partial charge in [-0.2, -0.15) is 0 Å². The Morgan fingerprint density at radius 3 is 2.79 bits per heavy atom. The number of thiazole rings is 1. The lowest BCUT2D eigenvalue weighted by Gasteiger charge is -2.09. The van der Waals surface area contributed by atoms with Gasteiger partial charge in [0.25, 0.3) is 0 Å². The Hall–Kier alpha value is -1.67. The summed E-state index contributed by atoms with van der Waals surface area (Å²) < 4.78 is 33.0. The van der Waals surface area contributed by atoms with Gasteiger partial charge in [-0.15, -0.1) is 11.3 Å². The summed E-state index contributed by atoms with van der Waals surface area (Å²) in [7, 11) is -3.65. The Labute approximate surface area is 149 Å². The van der Waals surface area contributed by atoms with Gasteiger partial charge >= 0.3 is 0 Å². The molecule has 0 amide bonds. The molecule has 3 aromatic rings. The highest BCUT2D eigenvalue weighted by atomic mass is 35.5. The molecule has 0 fully saturated rings. The fraction of sp³-hybridized carbons (Fsp3) is 0.188. The van der Waals surface area contributed by atoms with E-state index in [1.807, 2.05) is 13.0 Å². The van der Waals surface area contributed by atoms with Crippen molar-refractivity contribution in [2.24, 2.45) is 0 Å². The summed E-state index contributed by atoms with van der Waals surface area (Å²) >= 11 is 7.32. The third kappa shape index (κ3) is 3.54. The van der Waals surface area contributed by atoms with Crippen LogP contribution in [0.2, 0.25) is 5.02 Å². The van der Waals surface area contributed by atoms with Crippen molar-refractivity contribution in [3.63, 3.8) is 0 Å². The molecule has 1 aromatic carbocycles. The normalized spacial score (nSPS) is 11.8. The largest absolute Gasteiger partial charge is 0.462 e. The average Bonchev–Trinajstić information content (AvgIpc) is 3.17. The third-order valence-electron chi connectivity index (χ3n) is 3.49. The first-order chi connectivity index (χ1) is 11.4. The molecular formula is C16H15ClN2O3S2. The number of benzene rings is 1. The van der Waals surface area contributed by atoms with Crippen LogP contribution >= 0.6 is 22.9 Å². The van der Waals surface area contributed by atoms with Crippen molar-refractivity contribution in [3.05, 3.63) is 57.8 Å². The van der Waals surface area contributed by atoms with Gasteiger partial charge in [-0.05, 0) is 43.7 Å². The average molecular weight is 383 g/mol. The van der Waals surface area contributed by atoms with Crippen LogP contribution in [0.1, 0.15) is 16.1 Å². The summed E-state index contributed by atoms with van der Waals surface area (Å²) in [5, 5.41) is 1.11. The van der Waals surface area contributed by atoms with E-state index in [2.05, 4.69) is 9.71 Å². The van der Waals surface area contributed by atoms with Crippen LogP contribution in [0, 0.1) is 13.8 Å². The van der Waals surface area contributed by atoms with E-state index in [4.69, 9.17) is 16.0 Å². The van der Waals surface area contributed by atoms with E-state index in [0.717, 1.165) is 15.6 Å². The van der Waals surface area contributed by atoms with Crippen molar-refractivity contribution in [2.45, 2.75) is 25.3 Å². The first-order valence-electron chi connectivity index (χ1n) is 7.13. The number of rotatable bonds is 5. The summed E-state index contributed by atoms with van der Waals surface area (Å²) in [6.45, 7) is 3.74. The van der Waals surface area contributed by atoms with Gasteiger partial charge in [0.05, 0.1) is 16.9 Å². The molecular weight excluding hydrogens is 368 g/mol. The molecule has 0 saturated heterocycles. The lowest BCUT2D eigenvalue weighted by molar-refractivity contribution is 0.580. The molecule has 8 heteroatoms. The number of furan rings is 1. The van der Waals surface area contributed by atoms with Crippen molar-refractivity contribution >= 4 is 33.0 Å². The van der Waals surface area contributed by atoms with Crippen molar-refractivity contribution < 1.29 is 12.8 Å². The molecule has 0 radical (unpaired) electrons. The van der Waals surface area contributed by atoms with Gasteiger partial charge in [0.15, 0.2) is 10.8 Å². The molecule has 0 bridgehead atoms. The van der Waals surface area contributed by atoms with Crippen molar-refractivity contribution in [1.82, 2.24) is 9.71 Å². The molecule has 0 spiro atoms. The molecule has 1 N–H and O–H groups in total. The van der Waals surface area contributed by atoms with Crippen LogP contribution in [-0.4, -0.2) is 13.4 Å². The van der Waals surface area contributed by atoms with Gasteiger partial charge in [0.2, 0.25) is 10.0 Å². The molecule has 0 aliphatic heterocycles. The molecule has 0 aliphatic carbocycles. The molecule has 0 aliphatic rings. The van der Waals surface area contributed by atoms with Crippen molar-refractivity contribution in [1.29, 1.82) is 0 Å². The number of aryl methyl sites for hydroxylation is 2. The van der Waals surface area contributed by atoms with Gasteiger partial charge in [-0.25, -0.2) is 18.1 Å². The van der Waals surface area contributed by atoms with Gasteiger partial charge < -0.3 is 4.42 Å². The SMILES string of the molecule is Cc1ccc(Cl)cc1S(=O)(=O)NCc1sc(-c2ccco2)nc1C. The summed E-state index contributed by atoms with van der Waals surface area (Å²) in [5.74, 6) is 0.669. The molecule has 24 heavy (non-hydrogen) atoms. The summed E-state index contributed by atoms with van der Waals surface area (Å²) in [6.07, 6.45) is 1.58. The summed E-state index contributed by atoms with van der Waals surface area (Å²) in [4.78, 5) is 5.45. The second-order valence-electron chi connectivity index (χ2n) is 5.24. The molecule has 2 heterocycles. The monoisotopic (exact) mass is 382 g/mol. The van der Waals surface area contributed by atoms with Crippen LogP contribution in [0.25, 0.3) is 10.8 Å². The maximum Gasteiger partial charge on any atom is 0.241 e. The van der Waals surface area contributed by atoms with E-state index < -0.39 is 10.0 Å². The molecule has 126 valence electrons. The van der Waals surface area contributed by atoms with E-state index in [1.165, 1.54) is 17.4 Å². The Bertz CT molecular complexity index is 963. The lowest BCUT2D eigenvalue weighted by Crippen LogP contribution is -2.23. The second kappa shape index (κ2) is 6.68. The maximum atomic E-state index is 12.5. The minimum atomic E-state index is -3.65. The van der Waals surface area contributed by atoms with Crippen LogP contribution in [0.5, 0.6) is 0 Å². The fourth-order valence-electron chi connectivity index (χ4n) is 2.20. The number of hydrogen-bond donors (Lipinski definition) is 1. The molecule has 2 aromatic heterocycles. The molecule has 0 unspecified atom stereocenters. The maximum absolute atomic E-state index is 12.5. The van der Waals surface area contributed by atoms with E-state index in [-0.39, 0.29) is 11.4 Å². The summed E-state index contributed by atoms with van der Waals surface area (Å²) in [6, 6.07) is 8.41. The first-order valence-corrected chi connectivity index (χ1v) is 9.80. The van der Waals surface area contributed by atoms with Gasteiger partial charge in [0, 0.05) is 16.4 Å². The van der Waals surface area contributed by atoms with Gasteiger partial charge in [0.1, 0.15) is 0 Å². The number of nitrogens with one attached hydrogen (secondary N) is 1. The zero-order valence-electron chi connectivity index (χ0n) is 13.0. The quantitative estimate of drug-likeness (QED) is 0.719. The standard InChI is InChI=1S/C16H15ClN2O3S2/c1-10-5-6-12(17)8-15(10)24(20,21)18-9-14-11(2)19-16(23-14)13-4-3-7-22-13/h3-8,18H,9H2,1-2H3. The van der Waals surface area contributed by atoms with E-state index in [0.29, 0.717) is 16.3 Å². The molecule has 0 atom stereocenters. The van der Waals surface area contributed by atoms with Crippen LogP contribution in [-0.2, 0) is 16.6 Å². The van der Waals surface area contributed by atoms with Crippen LogP contribution in [0.4, 0.5) is 0 Å². The smallest absolute Gasteiger partial charge is 0.241 e. The molecule has 5 nitrogen and oxygen atoms in total. The number of aromatic nitrogens is 1. The zero-order chi connectivity index (χ0) is 17.3. The zero-order valence-corrected chi connectivity index (χ0v) is 15.4. The minimum Gasteiger partial charge on any atom is -0.462 e. The highest BCUT2D eigenvalue weighted by Gasteiger charge is 2.19. The highest BCUT2D eigenvalue weighted by Crippen LogP contribution is 2.28. The van der Waals surface area contributed by atoms with Crippen molar-refractivity contribution in [3.8, 4) is 10.8 Å². The molecule has 3 rings (SSSR count). The van der Waals surface area contributed by atoms with E-state index in [1.54, 1.807) is 31.4 Å². The van der Waals surface area contributed by atoms with Gasteiger partial charge in [-0.1, -0.05) is 17.7 Å². The van der Waals surface area contributed by atoms with E-state index in [9.17, 15) is 8.42 Å². The van der Waals surface area contributed by atoms with Crippen LogP contribution in [0.15, 0.2) is 45.9 Å². The Morgan fingerprint density at radius 1 is 1.29 bits per heavy atom. The predicted octanol–water partition coefficient (Wildman–Crippen LogP) is 4.15. The Morgan fingerprint density at radius 2 is 2.08 bits per heavy atom. The van der Waals surface area contributed by atoms with E-state index >= 15 is 0 Å². The molecule has 0 saturated carbocycles. The fourth-order valence-corrected chi connectivity index (χ4v) is 4.76. The lowest BCUT2D eigenvalue weighted by atomic mass is 10.2. The number of nitrogens with zero attached hydrogens (tertiary/aromatic N) is 1. The Balaban J connectivity index is 1.81. The third-order valence-corrected chi connectivity index (χ3v) is 6.44. The first kappa shape index (κ1) is 17.2. The minimum absolute atomic E-state index is 0.165. The number of sulfonamides is 1. The highest BCUT2D eigenvalue weighted by molar-refractivity contribution is 7.89.